The highest BCUT2D eigenvalue weighted by atomic mass is 16.4. The number of hydrogen-bond donors (Lipinski definition) is 2. The van der Waals surface area contributed by atoms with Crippen molar-refractivity contribution in [3.63, 3.8) is 0 Å². The van der Waals surface area contributed by atoms with Crippen LogP contribution in [0.4, 0.5) is 0 Å². The van der Waals surface area contributed by atoms with Gasteiger partial charge in [0.2, 0.25) is 0 Å². The number of aromatic nitrogens is 2. The van der Waals surface area contributed by atoms with Crippen LogP contribution in [0.5, 0.6) is 0 Å². The Morgan fingerprint density at radius 3 is 3.07 bits per heavy atom. The second kappa shape index (κ2) is 4.35. The van der Waals surface area contributed by atoms with Crippen molar-refractivity contribution < 1.29 is 9.90 Å². The average molecular weight is 207 g/mol. The van der Waals surface area contributed by atoms with Crippen molar-refractivity contribution in [3.05, 3.63) is 24.0 Å². The van der Waals surface area contributed by atoms with Crippen LogP contribution in [0.15, 0.2) is 18.3 Å². The number of carbonyl (C=O) groups is 1. The third kappa shape index (κ3) is 2.30. The monoisotopic (exact) mass is 207 g/mol. The molecule has 15 heavy (non-hydrogen) atoms. The summed E-state index contributed by atoms with van der Waals surface area (Å²) in [6.45, 7) is 0. The smallest absolute Gasteiger partial charge is 0.320 e. The predicted molar refractivity (Wildman–Crippen MR) is 53.2 cm³/mol. The molecule has 80 valence electrons. The summed E-state index contributed by atoms with van der Waals surface area (Å²) < 4.78 is 0. The molecule has 0 aliphatic carbocycles. The number of hydrogen-bond acceptors (Lipinski definition) is 4. The Bertz CT molecular complexity index is 342. The minimum Gasteiger partial charge on any atom is -0.480 e. The first-order valence-electron chi connectivity index (χ1n) is 5.04. The molecule has 5 nitrogen and oxygen atoms in total. The van der Waals surface area contributed by atoms with E-state index in [4.69, 9.17) is 5.11 Å². The number of piperidine rings is 1. The Hall–Kier alpha value is -1.49. The number of aliphatic carboxylic acids is 1. The van der Waals surface area contributed by atoms with Gasteiger partial charge in [0.1, 0.15) is 6.04 Å². The van der Waals surface area contributed by atoms with Crippen molar-refractivity contribution in [2.24, 2.45) is 0 Å². The molecular formula is C10H13N3O2. The summed E-state index contributed by atoms with van der Waals surface area (Å²) in [6.07, 6.45) is 4.13. The van der Waals surface area contributed by atoms with Crippen LogP contribution in [-0.4, -0.2) is 27.3 Å². The lowest BCUT2D eigenvalue weighted by atomic mass is 9.96. The zero-order valence-electron chi connectivity index (χ0n) is 8.26. The fraction of sp³-hybridized carbons (Fsp3) is 0.500. The average Bonchev–Trinajstić information content (AvgIpc) is 2.30. The van der Waals surface area contributed by atoms with Gasteiger partial charge in [-0.15, -0.1) is 0 Å². The molecule has 0 spiro atoms. The van der Waals surface area contributed by atoms with Gasteiger partial charge in [-0.3, -0.25) is 10.1 Å². The second-order valence-corrected chi connectivity index (χ2v) is 3.69. The summed E-state index contributed by atoms with van der Waals surface area (Å²) in [4.78, 5) is 10.8. The van der Waals surface area contributed by atoms with Crippen molar-refractivity contribution in [1.82, 2.24) is 15.5 Å². The minimum atomic E-state index is -0.788. The Morgan fingerprint density at radius 1 is 1.53 bits per heavy atom. The zero-order valence-corrected chi connectivity index (χ0v) is 8.26. The standard InChI is InChI=1S/C10H13N3O2/c14-10(15)9-4-1-3-7(12-9)8-5-2-6-11-13-8/h2,5-7,9,12H,1,3-4H2,(H,14,15). The van der Waals surface area contributed by atoms with Crippen LogP contribution in [0.25, 0.3) is 0 Å². The molecule has 1 aliphatic heterocycles. The van der Waals surface area contributed by atoms with Crippen LogP contribution < -0.4 is 5.32 Å². The molecule has 2 atom stereocenters. The molecule has 0 saturated carbocycles. The first-order chi connectivity index (χ1) is 7.27. The summed E-state index contributed by atoms with van der Waals surface area (Å²) >= 11 is 0. The topological polar surface area (TPSA) is 75.1 Å². The van der Waals surface area contributed by atoms with E-state index in [2.05, 4.69) is 15.5 Å². The highest BCUT2D eigenvalue weighted by Gasteiger charge is 2.27. The Balaban J connectivity index is 2.08. The fourth-order valence-electron chi connectivity index (χ4n) is 1.86. The molecule has 0 aromatic carbocycles. The van der Waals surface area contributed by atoms with Crippen molar-refractivity contribution >= 4 is 5.97 Å². The zero-order chi connectivity index (χ0) is 10.7. The maximum atomic E-state index is 10.8. The molecule has 0 amide bonds. The summed E-state index contributed by atoms with van der Waals surface area (Å²) in [7, 11) is 0. The summed E-state index contributed by atoms with van der Waals surface area (Å²) in [5.41, 5.74) is 0.823. The molecule has 1 aliphatic rings. The predicted octanol–water partition coefficient (Wildman–Crippen LogP) is 0.744. The molecule has 0 bridgehead atoms. The number of nitrogens with one attached hydrogen (secondary N) is 1. The van der Waals surface area contributed by atoms with Gasteiger partial charge in [-0.25, -0.2) is 0 Å². The van der Waals surface area contributed by atoms with Crippen LogP contribution in [0.2, 0.25) is 0 Å². The Labute approximate surface area is 87.5 Å². The van der Waals surface area contributed by atoms with Gasteiger partial charge in [0.15, 0.2) is 0 Å². The normalized spacial score (nSPS) is 26.1. The van der Waals surface area contributed by atoms with Gasteiger partial charge in [-0.2, -0.15) is 10.2 Å². The largest absolute Gasteiger partial charge is 0.480 e. The third-order valence-corrected chi connectivity index (χ3v) is 2.64. The van der Waals surface area contributed by atoms with Gasteiger partial charge in [0.25, 0.3) is 0 Å². The molecule has 0 radical (unpaired) electrons. The number of rotatable bonds is 2. The van der Waals surface area contributed by atoms with Crippen LogP contribution in [0.1, 0.15) is 31.0 Å². The SMILES string of the molecule is O=C(O)C1CCCC(c2cccnn2)N1. The molecule has 1 fully saturated rings. The summed E-state index contributed by atoms with van der Waals surface area (Å²) in [5.74, 6) is -0.788. The van der Waals surface area contributed by atoms with E-state index in [0.717, 1.165) is 18.5 Å². The number of carboxylic acids is 1. The van der Waals surface area contributed by atoms with Crippen molar-refractivity contribution in [2.45, 2.75) is 31.3 Å². The molecule has 1 aromatic heterocycles. The van der Waals surface area contributed by atoms with Gasteiger partial charge in [-0.1, -0.05) is 0 Å². The van der Waals surface area contributed by atoms with Crippen molar-refractivity contribution in [3.8, 4) is 0 Å². The first-order valence-corrected chi connectivity index (χ1v) is 5.04. The van der Waals surface area contributed by atoms with Crippen LogP contribution in [0, 0.1) is 0 Å². The fourth-order valence-corrected chi connectivity index (χ4v) is 1.86. The van der Waals surface area contributed by atoms with Crippen molar-refractivity contribution in [2.75, 3.05) is 0 Å². The van der Waals surface area contributed by atoms with Gasteiger partial charge in [0.05, 0.1) is 11.7 Å². The molecule has 1 aromatic rings. The highest BCUT2D eigenvalue weighted by molar-refractivity contribution is 5.73. The van der Waals surface area contributed by atoms with E-state index in [0.29, 0.717) is 6.42 Å². The minimum absolute atomic E-state index is 0.0218. The second-order valence-electron chi connectivity index (χ2n) is 3.69. The van der Waals surface area contributed by atoms with E-state index >= 15 is 0 Å². The van der Waals surface area contributed by atoms with Crippen LogP contribution in [-0.2, 0) is 4.79 Å². The molecule has 2 N–H and O–H groups in total. The van der Waals surface area contributed by atoms with Crippen LogP contribution >= 0.6 is 0 Å². The molecule has 5 heteroatoms. The highest BCUT2D eigenvalue weighted by Crippen LogP contribution is 2.23. The van der Waals surface area contributed by atoms with E-state index in [1.165, 1.54) is 0 Å². The van der Waals surface area contributed by atoms with Crippen LogP contribution in [0.3, 0.4) is 0 Å². The van der Waals surface area contributed by atoms with Gasteiger partial charge in [0, 0.05) is 6.20 Å². The van der Waals surface area contributed by atoms with Gasteiger partial charge < -0.3 is 5.11 Å². The Morgan fingerprint density at radius 2 is 2.40 bits per heavy atom. The summed E-state index contributed by atoms with van der Waals surface area (Å²) in [5, 5.41) is 19.8. The van der Waals surface area contributed by atoms with Gasteiger partial charge >= 0.3 is 5.97 Å². The van der Waals surface area contributed by atoms with E-state index in [-0.39, 0.29) is 6.04 Å². The van der Waals surface area contributed by atoms with Gasteiger partial charge in [-0.05, 0) is 31.4 Å². The van der Waals surface area contributed by atoms with E-state index in [9.17, 15) is 4.79 Å². The molecular weight excluding hydrogens is 194 g/mol. The molecule has 2 heterocycles. The number of nitrogens with zero attached hydrogens (tertiary/aromatic N) is 2. The molecule has 2 unspecified atom stereocenters. The molecule has 2 rings (SSSR count). The third-order valence-electron chi connectivity index (χ3n) is 2.64. The van der Waals surface area contributed by atoms with E-state index < -0.39 is 12.0 Å². The number of carboxylic acid groups (broad SMARTS) is 1. The molecule has 1 saturated heterocycles. The Kier molecular flexibility index (Phi) is 2.91. The van der Waals surface area contributed by atoms with E-state index in [1.54, 1.807) is 6.20 Å². The first kappa shape index (κ1) is 10.0. The van der Waals surface area contributed by atoms with E-state index in [1.807, 2.05) is 12.1 Å². The lowest BCUT2D eigenvalue weighted by Gasteiger charge is -2.27. The lowest BCUT2D eigenvalue weighted by molar-refractivity contribution is -0.140. The summed E-state index contributed by atoms with van der Waals surface area (Å²) in [6, 6.07) is 3.25. The quantitative estimate of drug-likeness (QED) is 0.748. The lowest BCUT2D eigenvalue weighted by Crippen LogP contribution is -2.42. The maximum Gasteiger partial charge on any atom is 0.320 e. The van der Waals surface area contributed by atoms with Crippen molar-refractivity contribution in [1.29, 1.82) is 0 Å². The maximum absolute atomic E-state index is 10.8.